The third-order valence-electron chi connectivity index (χ3n) is 3.22. The first-order valence-electron chi connectivity index (χ1n) is 6.20. The molecule has 0 spiro atoms. The lowest BCUT2D eigenvalue weighted by atomic mass is 10.1. The predicted molar refractivity (Wildman–Crippen MR) is 81.0 cm³/mol. The normalized spacial score (nSPS) is 10.7. The maximum Gasteiger partial charge on any atom is 0.155 e. The minimum atomic E-state index is 0.501. The monoisotopic (exact) mass is 284 g/mol. The average molecular weight is 285 g/mol. The molecule has 2 aromatic carbocycles. The molecule has 0 unspecified atom stereocenters. The molecule has 20 heavy (non-hydrogen) atoms. The molecule has 1 aromatic heterocycles. The van der Waals surface area contributed by atoms with E-state index in [0.29, 0.717) is 16.5 Å². The van der Waals surface area contributed by atoms with Gasteiger partial charge in [-0.25, -0.2) is 0 Å². The summed E-state index contributed by atoms with van der Waals surface area (Å²) in [5, 5.41) is 9.00. The highest BCUT2D eigenvalue weighted by molar-refractivity contribution is 6.31. The molecule has 0 fully saturated rings. The lowest BCUT2D eigenvalue weighted by molar-refractivity contribution is 0.806. The number of nitrogens with zero attached hydrogens (tertiary/aromatic N) is 3. The standard InChI is InChI=1S/C15H13ClN4/c1-10-12(16)8-5-9-13(10)20-15(17)14(18-19-20)11-6-3-2-4-7-11/h2-9H,17H2,1H3. The number of aromatic nitrogens is 3. The van der Waals surface area contributed by atoms with Crippen LogP contribution in [0.15, 0.2) is 48.5 Å². The largest absolute Gasteiger partial charge is 0.382 e. The fourth-order valence-electron chi connectivity index (χ4n) is 2.09. The van der Waals surface area contributed by atoms with E-state index in [9.17, 15) is 0 Å². The molecule has 5 heteroatoms. The van der Waals surface area contributed by atoms with Gasteiger partial charge < -0.3 is 5.73 Å². The van der Waals surface area contributed by atoms with Crippen molar-refractivity contribution in [1.82, 2.24) is 15.0 Å². The first-order chi connectivity index (χ1) is 9.68. The second-order valence-electron chi connectivity index (χ2n) is 4.49. The molecule has 2 N–H and O–H groups in total. The van der Waals surface area contributed by atoms with Crippen LogP contribution < -0.4 is 5.73 Å². The predicted octanol–water partition coefficient (Wildman–Crippen LogP) is 3.48. The third kappa shape index (κ3) is 2.04. The second kappa shape index (κ2) is 4.98. The van der Waals surface area contributed by atoms with Crippen molar-refractivity contribution in [3.05, 3.63) is 59.1 Å². The quantitative estimate of drug-likeness (QED) is 0.784. The van der Waals surface area contributed by atoms with Crippen molar-refractivity contribution >= 4 is 17.4 Å². The van der Waals surface area contributed by atoms with Crippen LogP contribution in [0.2, 0.25) is 5.02 Å². The Kier molecular flexibility index (Phi) is 3.16. The van der Waals surface area contributed by atoms with Gasteiger partial charge in [0.25, 0.3) is 0 Å². The van der Waals surface area contributed by atoms with Gasteiger partial charge >= 0.3 is 0 Å². The highest BCUT2D eigenvalue weighted by atomic mass is 35.5. The second-order valence-corrected chi connectivity index (χ2v) is 4.89. The molecule has 0 saturated carbocycles. The van der Waals surface area contributed by atoms with E-state index in [0.717, 1.165) is 16.8 Å². The Bertz CT molecular complexity index is 750. The summed E-state index contributed by atoms with van der Waals surface area (Å²) in [7, 11) is 0. The molecule has 0 aliphatic rings. The molecule has 1 heterocycles. The van der Waals surface area contributed by atoms with Crippen LogP contribution >= 0.6 is 11.6 Å². The summed E-state index contributed by atoms with van der Waals surface area (Å²) in [6.07, 6.45) is 0. The molecule has 0 aliphatic heterocycles. The average Bonchev–Trinajstić information content (AvgIpc) is 2.85. The molecule has 3 aromatic rings. The Morgan fingerprint density at radius 2 is 1.80 bits per heavy atom. The van der Waals surface area contributed by atoms with Crippen molar-refractivity contribution in [2.75, 3.05) is 5.73 Å². The van der Waals surface area contributed by atoms with Crippen LogP contribution in [0.4, 0.5) is 5.82 Å². The number of halogens is 1. The number of nitrogen functional groups attached to an aromatic ring is 1. The van der Waals surface area contributed by atoms with Crippen molar-refractivity contribution < 1.29 is 0 Å². The molecule has 0 atom stereocenters. The summed E-state index contributed by atoms with van der Waals surface area (Å²) in [6, 6.07) is 15.4. The Labute approximate surface area is 121 Å². The van der Waals surface area contributed by atoms with E-state index in [1.807, 2.05) is 55.5 Å². The lowest BCUT2D eigenvalue weighted by Gasteiger charge is -2.08. The van der Waals surface area contributed by atoms with Gasteiger partial charge in [0.15, 0.2) is 5.82 Å². The van der Waals surface area contributed by atoms with Gasteiger partial charge in [-0.05, 0) is 24.6 Å². The summed E-state index contributed by atoms with van der Waals surface area (Å²) in [4.78, 5) is 0. The molecule has 0 saturated heterocycles. The molecule has 4 nitrogen and oxygen atoms in total. The highest BCUT2D eigenvalue weighted by Gasteiger charge is 2.14. The maximum absolute atomic E-state index is 6.18. The van der Waals surface area contributed by atoms with Crippen LogP contribution in [0.1, 0.15) is 5.56 Å². The Morgan fingerprint density at radius 1 is 1.05 bits per heavy atom. The van der Waals surface area contributed by atoms with Gasteiger partial charge in [-0.1, -0.05) is 53.2 Å². The number of hydrogen-bond acceptors (Lipinski definition) is 3. The van der Waals surface area contributed by atoms with E-state index in [1.165, 1.54) is 0 Å². The van der Waals surface area contributed by atoms with Gasteiger partial charge in [0, 0.05) is 10.6 Å². The first kappa shape index (κ1) is 12.7. The molecule has 3 rings (SSSR count). The molecule has 100 valence electrons. The molecule has 0 radical (unpaired) electrons. The minimum Gasteiger partial charge on any atom is -0.382 e. The van der Waals surface area contributed by atoms with Crippen molar-refractivity contribution in [2.45, 2.75) is 6.92 Å². The van der Waals surface area contributed by atoms with Crippen molar-refractivity contribution in [2.24, 2.45) is 0 Å². The molecule has 0 bridgehead atoms. The molecular formula is C15H13ClN4. The van der Waals surface area contributed by atoms with E-state index in [2.05, 4.69) is 10.3 Å². The summed E-state index contributed by atoms with van der Waals surface area (Å²) in [5.74, 6) is 0.501. The van der Waals surface area contributed by atoms with Gasteiger partial charge in [-0.2, -0.15) is 4.68 Å². The zero-order chi connectivity index (χ0) is 14.1. The molecule has 0 aliphatic carbocycles. The SMILES string of the molecule is Cc1c(Cl)cccc1-n1nnc(-c2ccccc2)c1N. The maximum atomic E-state index is 6.18. The number of anilines is 1. The number of hydrogen-bond donors (Lipinski definition) is 1. The van der Waals surface area contributed by atoms with E-state index in [-0.39, 0.29) is 0 Å². The van der Waals surface area contributed by atoms with E-state index in [1.54, 1.807) is 4.68 Å². The molecular weight excluding hydrogens is 272 g/mol. The number of benzene rings is 2. The number of nitrogens with two attached hydrogens (primary N) is 1. The fourth-order valence-corrected chi connectivity index (χ4v) is 2.26. The van der Waals surface area contributed by atoms with E-state index in [4.69, 9.17) is 17.3 Å². The topological polar surface area (TPSA) is 56.7 Å². The summed E-state index contributed by atoms with van der Waals surface area (Å²) < 4.78 is 1.61. The smallest absolute Gasteiger partial charge is 0.155 e. The van der Waals surface area contributed by atoms with Crippen LogP contribution in [0, 0.1) is 6.92 Å². The van der Waals surface area contributed by atoms with E-state index >= 15 is 0 Å². The lowest BCUT2D eigenvalue weighted by Crippen LogP contribution is -2.04. The van der Waals surface area contributed by atoms with Crippen molar-refractivity contribution in [1.29, 1.82) is 0 Å². The van der Waals surface area contributed by atoms with Crippen LogP contribution in [-0.4, -0.2) is 15.0 Å². The van der Waals surface area contributed by atoms with Crippen LogP contribution in [0.25, 0.3) is 16.9 Å². The van der Waals surface area contributed by atoms with Gasteiger partial charge in [0.05, 0.1) is 5.69 Å². The zero-order valence-corrected chi connectivity index (χ0v) is 11.7. The third-order valence-corrected chi connectivity index (χ3v) is 3.63. The summed E-state index contributed by atoms with van der Waals surface area (Å²) >= 11 is 6.14. The number of rotatable bonds is 2. The van der Waals surface area contributed by atoms with Crippen molar-refractivity contribution in [3.63, 3.8) is 0 Å². The van der Waals surface area contributed by atoms with E-state index < -0.39 is 0 Å². The van der Waals surface area contributed by atoms with Crippen LogP contribution in [0.3, 0.4) is 0 Å². The molecule has 0 amide bonds. The minimum absolute atomic E-state index is 0.501. The van der Waals surface area contributed by atoms with Crippen LogP contribution in [-0.2, 0) is 0 Å². The van der Waals surface area contributed by atoms with Gasteiger partial charge in [0.2, 0.25) is 0 Å². The Morgan fingerprint density at radius 3 is 2.55 bits per heavy atom. The fraction of sp³-hybridized carbons (Fsp3) is 0.0667. The summed E-state index contributed by atoms with van der Waals surface area (Å²) in [5.41, 5.74) is 9.55. The zero-order valence-electron chi connectivity index (χ0n) is 10.9. The Hall–Kier alpha value is -2.33. The van der Waals surface area contributed by atoms with Gasteiger partial charge in [0.1, 0.15) is 5.69 Å². The van der Waals surface area contributed by atoms with Crippen molar-refractivity contribution in [3.8, 4) is 16.9 Å². The van der Waals surface area contributed by atoms with Gasteiger partial charge in [-0.3, -0.25) is 0 Å². The summed E-state index contributed by atoms with van der Waals surface area (Å²) in [6.45, 7) is 1.93. The van der Waals surface area contributed by atoms with Gasteiger partial charge in [-0.15, -0.1) is 5.10 Å². The van der Waals surface area contributed by atoms with Crippen LogP contribution in [0.5, 0.6) is 0 Å². The highest BCUT2D eigenvalue weighted by Crippen LogP contribution is 2.28. The first-order valence-corrected chi connectivity index (χ1v) is 6.58. The Balaban J connectivity index is 2.14.